The van der Waals surface area contributed by atoms with Gasteiger partial charge in [-0.15, -0.1) is 0 Å². The van der Waals surface area contributed by atoms with Gasteiger partial charge in [0.2, 0.25) is 0 Å². The van der Waals surface area contributed by atoms with Crippen molar-refractivity contribution < 1.29 is 19.5 Å². The molecule has 1 atom stereocenters. The number of oxime groups is 1. The normalized spacial score (nSPS) is 17.4. The van der Waals surface area contributed by atoms with Crippen LogP contribution in [0.5, 0.6) is 0 Å². The number of nitrogens with one attached hydrogen (secondary N) is 3. The van der Waals surface area contributed by atoms with Crippen LogP contribution in [0, 0.1) is 16.6 Å². The molecular formula is C14H15BrFN5O3S. The summed E-state index contributed by atoms with van der Waals surface area (Å²) >= 11 is 4.05. The molecule has 1 heterocycles. The van der Waals surface area contributed by atoms with E-state index in [9.17, 15) is 19.5 Å². The van der Waals surface area contributed by atoms with Crippen molar-refractivity contribution >= 4 is 56.1 Å². The molecule has 1 aromatic rings. The lowest BCUT2D eigenvalue weighted by Gasteiger charge is -2.21. The Labute approximate surface area is 155 Å². The van der Waals surface area contributed by atoms with Gasteiger partial charge in [0.05, 0.1) is 10.2 Å². The number of benzene rings is 1. The summed E-state index contributed by atoms with van der Waals surface area (Å²) in [6.07, 6.45) is -0.711. The average Bonchev–Trinajstić information content (AvgIpc) is 3.04. The Morgan fingerprint density at radius 2 is 2.20 bits per heavy atom. The van der Waals surface area contributed by atoms with Gasteiger partial charge in [0, 0.05) is 11.8 Å². The molecule has 0 bridgehead atoms. The van der Waals surface area contributed by atoms with Crippen molar-refractivity contribution in [1.82, 2.24) is 5.32 Å². The van der Waals surface area contributed by atoms with Crippen LogP contribution in [0.15, 0.2) is 27.8 Å². The minimum absolute atomic E-state index is 0.0211. The average molecular weight is 432 g/mol. The van der Waals surface area contributed by atoms with Gasteiger partial charge in [-0.25, -0.2) is 14.1 Å². The van der Waals surface area contributed by atoms with E-state index in [0.29, 0.717) is 11.4 Å². The van der Waals surface area contributed by atoms with Gasteiger partial charge in [-0.1, -0.05) is 16.9 Å². The summed E-state index contributed by atoms with van der Waals surface area (Å²) in [6, 6.07) is 3.41. The van der Waals surface area contributed by atoms with Crippen molar-refractivity contribution in [2.75, 3.05) is 18.0 Å². The van der Waals surface area contributed by atoms with Gasteiger partial charge >= 0.3 is 6.09 Å². The van der Waals surface area contributed by atoms with E-state index in [2.05, 4.69) is 26.4 Å². The highest BCUT2D eigenvalue weighted by Crippen LogP contribution is 2.25. The molecule has 1 aliphatic rings. The Bertz CT molecular complexity index is 739. The maximum absolute atomic E-state index is 13.4. The predicted octanol–water partition coefficient (Wildman–Crippen LogP) is 2.95. The first kappa shape index (κ1) is 19.3. The summed E-state index contributed by atoms with van der Waals surface area (Å²) in [4.78, 5) is 12.1. The van der Waals surface area contributed by atoms with Gasteiger partial charge in [0.1, 0.15) is 10.9 Å². The second kappa shape index (κ2) is 8.41. The highest BCUT2D eigenvalue weighted by Gasteiger charge is 2.29. The number of hydrogen-bond acceptors (Lipinski definition) is 7. The zero-order valence-electron chi connectivity index (χ0n) is 12.8. The monoisotopic (exact) mass is 431 g/mol. The van der Waals surface area contributed by atoms with Crippen molar-refractivity contribution in [2.45, 2.75) is 11.7 Å². The van der Waals surface area contributed by atoms with E-state index < -0.39 is 23.5 Å². The summed E-state index contributed by atoms with van der Waals surface area (Å²) in [5.74, 6) is -1.29. The van der Waals surface area contributed by atoms with Crippen molar-refractivity contribution in [3.05, 3.63) is 28.5 Å². The minimum Gasteiger partial charge on any atom is -0.464 e. The summed E-state index contributed by atoms with van der Waals surface area (Å²) < 4.78 is 13.4. The number of carbonyl (C=O) groups is 1. The van der Waals surface area contributed by atoms with Crippen LogP contribution >= 0.6 is 27.7 Å². The smallest absolute Gasteiger partial charge is 0.417 e. The summed E-state index contributed by atoms with van der Waals surface area (Å²) in [5.41, 5.74) is -0.494. The van der Waals surface area contributed by atoms with E-state index in [-0.39, 0.29) is 20.5 Å². The Kier molecular flexibility index (Phi) is 6.51. The van der Waals surface area contributed by atoms with Crippen LogP contribution in [0.3, 0.4) is 0 Å². The number of halogens is 2. The van der Waals surface area contributed by atoms with Crippen molar-refractivity contribution in [2.24, 2.45) is 5.16 Å². The third-order valence-corrected chi connectivity index (χ3v) is 5.19. The standard InChI is InChI=1S/C14H15BrFN5O3S/c15-9-5-7(1-2-10(9)16)21(14(22)23)12(17)11(20-24)13(18)25-8-3-4-19-6-8/h1-2,5,8,17-19,24H,3-4,6H2,(H,22,23)/b17-12?,18-13?,20-11-. The van der Waals surface area contributed by atoms with E-state index in [4.69, 9.17) is 10.8 Å². The minimum atomic E-state index is -1.52. The molecule has 25 heavy (non-hydrogen) atoms. The number of hydrogen-bond donors (Lipinski definition) is 5. The Morgan fingerprint density at radius 3 is 2.72 bits per heavy atom. The molecule has 1 aromatic carbocycles. The molecule has 2 rings (SSSR count). The van der Waals surface area contributed by atoms with Crippen LogP contribution in [0.2, 0.25) is 0 Å². The number of amidine groups is 1. The Morgan fingerprint density at radius 1 is 1.48 bits per heavy atom. The van der Waals surface area contributed by atoms with E-state index >= 15 is 0 Å². The summed E-state index contributed by atoms with van der Waals surface area (Å²) in [5, 5.41) is 40.7. The first-order valence-corrected chi connectivity index (χ1v) is 8.77. The molecule has 1 fully saturated rings. The zero-order chi connectivity index (χ0) is 18.6. The predicted molar refractivity (Wildman–Crippen MR) is 98.1 cm³/mol. The van der Waals surface area contributed by atoms with Crippen molar-refractivity contribution in [3.63, 3.8) is 0 Å². The highest BCUT2D eigenvalue weighted by molar-refractivity contribution is 9.10. The molecule has 1 unspecified atom stereocenters. The molecule has 134 valence electrons. The zero-order valence-corrected chi connectivity index (χ0v) is 15.2. The Hall–Kier alpha value is -1.98. The molecule has 0 radical (unpaired) electrons. The SMILES string of the molecule is N=C(SC1CCNC1)/C(=N\O)C(=N)N(C(=O)O)c1ccc(F)c(Br)c1. The van der Waals surface area contributed by atoms with Crippen LogP contribution in [-0.2, 0) is 0 Å². The number of carboxylic acid groups (broad SMARTS) is 1. The van der Waals surface area contributed by atoms with E-state index in [1.165, 1.54) is 12.1 Å². The Balaban J connectivity index is 2.26. The fraction of sp³-hybridized carbons (Fsp3) is 0.286. The van der Waals surface area contributed by atoms with E-state index in [0.717, 1.165) is 30.8 Å². The molecule has 8 nitrogen and oxygen atoms in total. The maximum Gasteiger partial charge on any atom is 0.417 e. The topological polar surface area (TPSA) is 133 Å². The van der Waals surface area contributed by atoms with Gasteiger partial charge in [-0.2, -0.15) is 0 Å². The third-order valence-electron chi connectivity index (χ3n) is 3.42. The molecule has 11 heteroatoms. The molecule has 5 N–H and O–H groups in total. The number of rotatable bonds is 4. The van der Waals surface area contributed by atoms with Crippen LogP contribution in [-0.4, -0.2) is 51.3 Å². The summed E-state index contributed by atoms with van der Waals surface area (Å²) in [7, 11) is 0. The summed E-state index contributed by atoms with van der Waals surface area (Å²) in [6.45, 7) is 1.48. The number of nitrogens with zero attached hydrogens (tertiary/aromatic N) is 2. The molecule has 1 aliphatic heterocycles. The molecule has 0 spiro atoms. The van der Waals surface area contributed by atoms with Crippen LogP contribution < -0.4 is 10.2 Å². The van der Waals surface area contributed by atoms with E-state index in [1.807, 2.05) is 0 Å². The van der Waals surface area contributed by atoms with Gasteiger partial charge in [-0.05, 0) is 47.1 Å². The lowest BCUT2D eigenvalue weighted by atomic mass is 10.2. The highest BCUT2D eigenvalue weighted by atomic mass is 79.9. The number of thioether (sulfide) groups is 1. The first-order valence-electron chi connectivity index (χ1n) is 7.10. The van der Waals surface area contributed by atoms with Gasteiger partial charge in [0.15, 0.2) is 11.5 Å². The van der Waals surface area contributed by atoms with E-state index in [1.54, 1.807) is 0 Å². The second-order valence-corrected chi connectivity index (χ2v) is 7.24. The van der Waals surface area contributed by atoms with Crippen LogP contribution in [0.1, 0.15) is 6.42 Å². The number of amides is 1. The van der Waals surface area contributed by atoms with Crippen molar-refractivity contribution in [1.29, 1.82) is 10.8 Å². The largest absolute Gasteiger partial charge is 0.464 e. The second-order valence-electron chi connectivity index (χ2n) is 5.08. The van der Waals surface area contributed by atoms with Gasteiger partial charge in [-0.3, -0.25) is 10.8 Å². The quantitative estimate of drug-likeness (QED) is 0.216. The lowest BCUT2D eigenvalue weighted by molar-refractivity contribution is 0.205. The molecule has 0 aliphatic carbocycles. The molecule has 1 amide bonds. The third kappa shape index (κ3) is 4.55. The molecule has 1 saturated heterocycles. The fourth-order valence-electron chi connectivity index (χ4n) is 2.22. The molecular weight excluding hydrogens is 417 g/mol. The molecule has 0 aromatic heterocycles. The van der Waals surface area contributed by atoms with Crippen LogP contribution in [0.25, 0.3) is 0 Å². The fourth-order valence-corrected chi connectivity index (χ4v) is 3.60. The van der Waals surface area contributed by atoms with Gasteiger partial charge < -0.3 is 15.6 Å². The number of anilines is 1. The molecule has 0 saturated carbocycles. The first-order chi connectivity index (χ1) is 11.8. The lowest BCUT2D eigenvalue weighted by Crippen LogP contribution is -2.42. The van der Waals surface area contributed by atoms with Crippen LogP contribution in [0.4, 0.5) is 14.9 Å². The van der Waals surface area contributed by atoms with Gasteiger partial charge in [0.25, 0.3) is 0 Å². The van der Waals surface area contributed by atoms with Crippen molar-refractivity contribution in [3.8, 4) is 0 Å². The maximum atomic E-state index is 13.4.